The van der Waals surface area contributed by atoms with Crippen molar-refractivity contribution in [2.45, 2.75) is 63.3 Å². The topological polar surface area (TPSA) is 62.6 Å². The Hall–Kier alpha value is -0.850. The normalized spacial score (nSPS) is 26.6. The van der Waals surface area contributed by atoms with Gasteiger partial charge in [-0.3, -0.25) is 0 Å². The maximum absolute atomic E-state index is 12.7. The lowest BCUT2D eigenvalue weighted by Crippen LogP contribution is -2.37. The summed E-state index contributed by atoms with van der Waals surface area (Å²) in [5.74, 6) is 1.20. The number of furan rings is 1. The van der Waals surface area contributed by atoms with E-state index in [1.54, 1.807) is 16.4 Å². The smallest absolute Gasteiger partial charge is 0.276 e. The van der Waals surface area contributed by atoms with Crippen molar-refractivity contribution in [3.8, 4) is 0 Å². The van der Waals surface area contributed by atoms with Crippen LogP contribution in [0, 0.1) is 5.92 Å². The fourth-order valence-electron chi connectivity index (χ4n) is 3.23. The van der Waals surface area contributed by atoms with Crippen molar-refractivity contribution in [3.63, 3.8) is 0 Å². The summed E-state index contributed by atoms with van der Waals surface area (Å²) in [6, 6.07) is 3.52. The van der Waals surface area contributed by atoms with E-state index < -0.39 is 10.0 Å². The van der Waals surface area contributed by atoms with Crippen molar-refractivity contribution in [2.75, 3.05) is 6.54 Å². The van der Waals surface area contributed by atoms with E-state index in [0.717, 1.165) is 19.3 Å². The van der Waals surface area contributed by atoms with Gasteiger partial charge in [0.05, 0.1) is 6.54 Å². The average Bonchev–Trinajstić information content (AvgIpc) is 3.11. The lowest BCUT2D eigenvalue weighted by molar-refractivity contribution is 0.312. The first-order chi connectivity index (χ1) is 9.75. The van der Waals surface area contributed by atoms with Gasteiger partial charge < -0.3 is 9.73 Å². The number of piperidine rings is 1. The van der Waals surface area contributed by atoms with Crippen molar-refractivity contribution < 1.29 is 12.8 Å². The average molecular weight is 312 g/mol. The summed E-state index contributed by atoms with van der Waals surface area (Å²) < 4.78 is 32.5. The molecule has 1 N–H and O–H groups in total. The van der Waals surface area contributed by atoms with Crippen molar-refractivity contribution >= 4 is 10.0 Å². The first kappa shape index (κ1) is 15.1. The lowest BCUT2D eigenvalue weighted by Gasteiger charge is -2.24. The summed E-state index contributed by atoms with van der Waals surface area (Å²) in [4.78, 5) is 0. The number of hydrogen-bond donors (Lipinski definition) is 1. The van der Waals surface area contributed by atoms with Crippen LogP contribution in [0.3, 0.4) is 0 Å². The van der Waals surface area contributed by atoms with E-state index in [-0.39, 0.29) is 16.7 Å². The van der Waals surface area contributed by atoms with Crippen molar-refractivity contribution in [3.05, 3.63) is 17.9 Å². The summed E-state index contributed by atoms with van der Waals surface area (Å²) in [7, 11) is -3.46. The molecule has 118 valence electrons. The summed E-state index contributed by atoms with van der Waals surface area (Å²) in [6.07, 6.45) is 3.16. The van der Waals surface area contributed by atoms with Crippen LogP contribution in [0.2, 0.25) is 0 Å². The van der Waals surface area contributed by atoms with E-state index in [0.29, 0.717) is 24.8 Å². The minimum absolute atomic E-state index is 0.0278. The Morgan fingerprint density at radius 3 is 2.67 bits per heavy atom. The second-order valence-electron chi connectivity index (χ2n) is 7.23. The van der Waals surface area contributed by atoms with Crippen LogP contribution in [-0.4, -0.2) is 30.8 Å². The van der Waals surface area contributed by atoms with Crippen LogP contribution in [0.1, 0.15) is 45.8 Å². The second-order valence-corrected chi connectivity index (χ2v) is 9.05. The van der Waals surface area contributed by atoms with E-state index in [9.17, 15) is 8.42 Å². The quantitative estimate of drug-likeness (QED) is 0.927. The molecular formula is C15H24N2O3S. The second kappa shape index (κ2) is 5.11. The van der Waals surface area contributed by atoms with Gasteiger partial charge in [0, 0.05) is 18.1 Å². The molecule has 2 unspecified atom stereocenters. The first-order valence-electron chi connectivity index (χ1n) is 7.61. The largest absolute Gasteiger partial charge is 0.447 e. The molecule has 0 aromatic carbocycles. The molecule has 2 atom stereocenters. The third-order valence-electron chi connectivity index (χ3n) is 4.35. The summed E-state index contributed by atoms with van der Waals surface area (Å²) in [5.41, 5.74) is -0.0278. The standard InChI is InChI=1S/C15H24N2O3S/c1-15(2,3)16-9-13-6-7-14(20-13)21(18,19)17-10-11-4-5-12(17)8-11/h6-7,11-12,16H,4-5,8-10H2,1-3H3. The molecular weight excluding hydrogens is 288 g/mol. The maximum atomic E-state index is 12.7. The van der Waals surface area contributed by atoms with Crippen molar-refractivity contribution in [2.24, 2.45) is 5.92 Å². The molecule has 2 aliphatic rings. The predicted octanol–water partition coefficient (Wildman–Crippen LogP) is 2.34. The van der Waals surface area contributed by atoms with E-state index in [4.69, 9.17) is 4.42 Å². The van der Waals surface area contributed by atoms with Gasteiger partial charge in [-0.05, 0) is 58.1 Å². The Bertz CT molecular complexity index is 615. The van der Waals surface area contributed by atoms with Gasteiger partial charge in [-0.2, -0.15) is 4.31 Å². The zero-order valence-corrected chi connectivity index (χ0v) is 13.7. The molecule has 21 heavy (non-hydrogen) atoms. The van der Waals surface area contributed by atoms with Crippen molar-refractivity contribution in [1.82, 2.24) is 9.62 Å². The van der Waals surface area contributed by atoms with Crippen molar-refractivity contribution in [1.29, 1.82) is 0 Å². The van der Waals surface area contributed by atoms with E-state index >= 15 is 0 Å². The van der Waals surface area contributed by atoms with Crippen LogP contribution in [0.15, 0.2) is 21.6 Å². The van der Waals surface area contributed by atoms with E-state index in [1.165, 1.54) is 0 Å². The highest BCUT2D eigenvalue weighted by Crippen LogP contribution is 2.40. The Morgan fingerprint density at radius 1 is 1.33 bits per heavy atom. The predicted molar refractivity (Wildman–Crippen MR) is 80.3 cm³/mol. The molecule has 1 aliphatic heterocycles. The monoisotopic (exact) mass is 312 g/mol. The Morgan fingerprint density at radius 2 is 2.10 bits per heavy atom. The maximum Gasteiger partial charge on any atom is 0.276 e. The molecule has 0 amide bonds. The SMILES string of the molecule is CC(C)(C)NCc1ccc(S(=O)(=O)N2CC3CCC2C3)o1. The van der Waals surface area contributed by atoms with Gasteiger partial charge in [0.2, 0.25) is 5.09 Å². The van der Waals surface area contributed by atoms with E-state index in [2.05, 4.69) is 26.1 Å². The molecule has 5 nitrogen and oxygen atoms in total. The van der Waals surface area contributed by atoms with Gasteiger partial charge in [-0.25, -0.2) is 8.42 Å². The van der Waals surface area contributed by atoms with E-state index in [1.807, 2.05) is 0 Å². The molecule has 0 spiro atoms. The highest BCUT2D eigenvalue weighted by Gasteiger charge is 2.45. The third kappa shape index (κ3) is 3.03. The van der Waals surface area contributed by atoms with Gasteiger partial charge in [-0.15, -0.1) is 0 Å². The molecule has 0 radical (unpaired) electrons. The summed E-state index contributed by atoms with van der Waals surface area (Å²) in [6.45, 7) is 7.38. The fourth-order valence-corrected chi connectivity index (χ4v) is 4.91. The summed E-state index contributed by atoms with van der Waals surface area (Å²) >= 11 is 0. The first-order valence-corrected chi connectivity index (χ1v) is 9.05. The lowest BCUT2D eigenvalue weighted by atomic mass is 10.1. The molecule has 1 saturated heterocycles. The molecule has 6 heteroatoms. The number of sulfonamides is 1. The van der Waals surface area contributed by atoms with Crippen LogP contribution in [0.5, 0.6) is 0 Å². The Balaban J connectivity index is 1.73. The van der Waals surface area contributed by atoms with Gasteiger partial charge in [0.1, 0.15) is 5.76 Å². The molecule has 2 heterocycles. The zero-order valence-electron chi connectivity index (χ0n) is 12.9. The molecule has 1 aliphatic carbocycles. The fraction of sp³-hybridized carbons (Fsp3) is 0.733. The molecule has 1 aromatic heterocycles. The summed E-state index contributed by atoms with van der Waals surface area (Å²) in [5, 5.41) is 3.38. The number of hydrogen-bond acceptors (Lipinski definition) is 4. The minimum atomic E-state index is -3.46. The van der Waals surface area contributed by atoms with Crippen LogP contribution in [-0.2, 0) is 16.6 Å². The molecule has 1 aromatic rings. The zero-order chi connectivity index (χ0) is 15.3. The van der Waals surface area contributed by atoms with Crippen LogP contribution < -0.4 is 5.32 Å². The number of nitrogens with zero attached hydrogens (tertiary/aromatic N) is 1. The van der Waals surface area contributed by atoms with Crippen LogP contribution in [0.25, 0.3) is 0 Å². The Kier molecular flexibility index (Phi) is 3.66. The van der Waals surface area contributed by atoms with Gasteiger partial charge >= 0.3 is 0 Å². The van der Waals surface area contributed by atoms with Crippen LogP contribution in [0.4, 0.5) is 0 Å². The highest BCUT2D eigenvalue weighted by atomic mass is 32.2. The van der Waals surface area contributed by atoms with Gasteiger partial charge in [0.25, 0.3) is 10.0 Å². The molecule has 2 bridgehead atoms. The molecule has 1 saturated carbocycles. The molecule has 2 fully saturated rings. The van der Waals surface area contributed by atoms with Gasteiger partial charge in [0.15, 0.2) is 0 Å². The molecule has 3 rings (SSSR count). The number of rotatable bonds is 4. The number of fused-ring (bicyclic) bond motifs is 2. The van der Waals surface area contributed by atoms with Gasteiger partial charge in [-0.1, -0.05) is 0 Å². The van der Waals surface area contributed by atoms with Crippen LogP contribution >= 0.6 is 0 Å². The Labute approximate surface area is 126 Å². The number of nitrogens with one attached hydrogen (secondary N) is 1. The third-order valence-corrected chi connectivity index (χ3v) is 6.14. The highest BCUT2D eigenvalue weighted by molar-refractivity contribution is 7.89. The minimum Gasteiger partial charge on any atom is -0.447 e.